The van der Waals surface area contributed by atoms with E-state index in [0.29, 0.717) is 19.4 Å². The van der Waals surface area contributed by atoms with Crippen LogP contribution in [0.15, 0.2) is 48.5 Å². The number of hydrogen-bond donors (Lipinski definition) is 3. The van der Waals surface area contributed by atoms with Crippen molar-refractivity contribution in [1.29, 1.82) is 0 Å². The van der Waals surface area contributed by atoms with Crippen molar-refractivity contribution in [2.24, 2.45) is 0 Å². The summed E-state index contributed by atoms with van der Waals surface area (Å²) in [7, 11) is 0. The van der Waals surface area contributed by atoms with Gasteiger partial charge in [0.05, 0.1) is 17.6 Å². The van der Waals surface area contributed by atoms with Crippen molar-refractivity contribution in [3.05, 3.63) is 65.5 Å². The Morgan fingerprint density at radius 3 is 2.47 bits per heavy atom. The number of imide groups is 1. The van der Waals surface area contributed by atoms with E-state index in [-0.39, 0.29) is 24.4 Å². The number of fused-ring (bicyclic) bond motifs is 1. The molecule has 4 amide bonds. The lowest BCUT2D eigenvalue weighted by molar-refractivity contribution is -0.130. The number of para-hydroxylation sites is 2. The Kier molecular flexibility index (Phi) is 5.94. The summed E-state index contributed by atoms with van der Waals surface area (Å²) in [6.07, 6.45) is 1.86. The molecule has 2 aromatic carbocycles. The number of hydrogen-bond acceptors (Lipinski definition) is 4. The zero-order chi connectivity index (χ0) is 22.7. The number of nitrogens with one attached hydrogen (secondary N) is 3. The Labute approximate surface area is 186 Å². The van der Waals surface area contributed by atoms with Crippen molar-refractivity contribution in [2.75, 3.05) is 0 Å². The van der Waals surface area contributed by atoms with Crippen molar-refractivity contribution in [2.45, 2.75) is 51.7 Å². The van der Waals surface area contributed by atoms with Gasteiger partial charge in [0.15, 0.2) is 0 Å². The van der Waals surface area contributed by atoms with Crippen LogP contribution in [0.5, 0.6) is 0 Å². The molecule has 2 heterocycles. The van der Waals surface area contributed by atoms with E-state index in [1.165, 1.54) is 4.90 Å². The fraction of sp³-hybridized carbons (Fsp3) is 0.333. The van der Waals surface area contributed by atoms with Crippen LogP contribution in [-0.4, -0.2) is 38.3 Å². The number of aryl methyl sites for hydroxylation is 1. The standard InChI is InChI=1S/C24H27N5O3/c1-24(2)22(31)29(23(32)28-24)15-17-12-10-16(11-13-17)14-25-21(30)9-5-8-20-26-18-6-3-4-7-19(18)27-20/h3-4,6-7,10-13H,5,8-9,14-15H2,1-2H3,(H,25,30)(H,26,27)(H,28,32). The van der Waals surface area contributed by atoms with Crippen LogP contribution in [0.1, 0.15) is 43.6 Å². The minimum atomic E-state index is -0.869. The van der Waals surface area contributed by atoms with E-state index >= 15 is 0 Å². The smallest absolute Gasteiger partial charge is 0.325 e. The zero-order valence-electron chi connectivity index (χ0n) is 18.3. The van der Waals surface area contributed by atoms with Crippen molar-refractivity contribution in [1.82, 2.24) is 25.5 Å². The largest absolute Gasteiger partial charge is 0.352 e. The number of nitrogens with zero attached hydrogens (tertiary/aromatic N) is 2. The Balaban J connectivity index is 1.21. The molecule has 166 valence electrons. The summed E-state index contributed by atoms with van der Waals surface area (Å²) in [6.45, 7) is 4.04. The maximum atomic E-state index is 12.3. The fourth-order valence-electron chi connectivity index (χ4n) is 3.74. The topological polar surface area (TPSA) is 107 Å². The maximum absolute atomic E-state index is 12.3. The molecular weight excluding hydrogens is 406 g/mol. The highest BCUT2D eigenvalue weighted by atomic mass is 16.2. The number of amides is 4. The summed E-state index contributed by atoms with van der Waals surface area (Å²) >= 11 is 0. The van der Waals surface area contributed by atoms with E-state index in [1.54, 1.807) is 13.8 Å². The van der Waals surface area contributed by atoms with Crippen molar-refractivity contribution in [3.63, 3.8) is 0 Å². The predicted molar refractivity (Wildman–Crippen MR) is 120 cm³/mol. The number of benzene rings is 2. The lowest BCUT2D eigenvalue weighted by Crippen LogP contribution is -2.40. The normalized spacial score (nSPS) is 15.2. The highest BCUT2D eigenvalue weighted by Gasteiger charge is 2.43. The van der Waals surface area contributed by atoms with Crippen LogP contribution in [-0.2, 0) is 29.1 Å². The lowest BCUT2D eigenvalue weighted by atomic mass is 10.1. The van der Waals surface area contributed by atoms with Crippen molar-refractivity contribution in [3.8, 4) is 0 Å². The van der Waals surface area contributed by atoms with Gasteiger partial charge in [-0.3, -0.25) is 14.5 Å². The average molecular weight is 434 g/mol. The Hall–Kier alpha value is -3.68. The number of aromatic amines is 1. The Morgan fingerprint density at radius 2 is 1.78 bits per heavy atom. The van der Waals surface area contributed by atoms with E-state index in [0.717, 1.165) is 34.4 Å². The first-order chi connectivity index (χ1) is 15.3. The molecule has 1 saturated heterocycles. The number of imidazole rings is 1. The molecule has 8 nitrogen and oxygen atoms in total. The summed E-state index contributed by atoms with van der Waals surface area (Å²) < 4.78 is 0. The van der Waals surface area contributed by atoms with Crippen LogP contribution >= 0.6 is 0 Å². The molecule has 1 aliphatic rings. The summed E-state index contributed by atoms with van der Waals surface area (Å²) in [6, 6.07) is 15.0. The second-order valence-electron chi connectivity index (χ2n) is 8.59. The second kappa shape index (κ2) is 8.82. The number of aromatic nitrogens is 2. The predicted octanol–water partition coefficient (Wildman–Crippen LogP) is 3.03. The van der Waals surface area contributed by atoms with Gasteiger partial charge in [0.1, 0.15) is 11.4 Å². The van der Waals surface area contributed by atoms with Crippen LogP contribution < -0.4 is 10.6 Å². The molecule has 3 N–H and O–H groups in total. The molecule has 1 fully saturated rings. The molecule has 0 atom stereocenters. The van der Waals surface area contributed by atoms with Gasteiger partial charge in [-0.2, -0.15) is 0 Å². The average Bonchev–Trinajstić information content (AvgIpc) is 3.26. The van der Waals surface area contributed by atoms with Gasteiger partial charge in [-0.1, -0.05) is 36.4 Å². The molecule has 32 heavy (non-hydrogen) atoms. The maximum Gasteiger partial charge on any atom is 0.325 e. The molecule has 0 saturated carbocycles. The van der Waals surface area contributed by atoms with Crippen molar-refractivity contribution >= 4 is 28.9 Å². The van der Waals surface area contributed by atoms with Crippen molar-refractivity contribution < 1.29 is 14.4 Å². The molecule has 3 aromatic rings. The van der Waals surface area contributed by atoms with Crippen LogP contribution in [0.25, 0.3) is 11.0 Å². The molecular formula is C24H27N5O3. The first-order valence-electron chi connectivity index (χ1n) is 10.7. The quantitative estimate of drug-likeness (QED) is 0.475. The zero-order valence-corrected chi connectivity index (χ0v) is 18.3. The number of rotatable bonds is 8. The van der Waals surface area contributed by atoms with Gasteiger partial charge in [0.25, 0.3) is 5.91 Å². The molecule has 1 aliphatic heterocycles. The van der Waals surface area contributed by atoms with E-state index < -0.39 is 5.54 Å². The highest BCUT2D eigenvalue weighted by Crippen LogP contribution is 2.19. The minimum Gasteiger partial charge on any atom is -0.352 e. The third-order valence-electron chi connectivity index (χ3n) is 5.55. The number of carbonyl (C=O) groups excluding carboxylic acids is 3. The number of H-pyrrole nitrogens is 1. The van der Waals surface area contributed by atoms with Crippen LogP contribution in [0.2, 0.25) is 0 Å². The Bertz CT molecular complexity index is 1120. The second-order valence-corrected chi connectivity index (χ2v) is 8.59. The van der Waals surface area contributed by atoms with E-state index in [4.69, 9.17) is 0 Å². The SMILES string of the molecule is CC1(C)NC(=O)N(Cc2ccc(CNC(=O)CCCc3nc4ccccc4[nH]3)cc2)C1=O. The third kappa shape index (κ3) is 4.80. The van der Waals surface area contributed by atoms with Gasteiger partial charge < -0.3 is 15.6 Å². The molecule has 1 aromatic heterocycles. The molecule has 0 spiro atoms. The van der Waals surface area contributed by atoms with Gasteiger partial charge >= 0.3 is 6.03 Å². The number of urea groups is 1. The highest BCUT2D eigenvalue weighted by molar-refractivity contribution is 6.06. The molecule has 0 bridgehead atoms. The summed E-state index contributed by atoms with van der Waals surface area (Å²) in [5.74, 6) is 0.649. The monoisotopic (exact) mass is 433 g/mol. The molecule has 0 aliphatic carbocycles. The van der Waals surface area contributed by atoms with Gasteiger partial charge in [-0.05, 0) is 43.5 Å². The first kappa shape index (κ1) is 21.5. The molecule has 0 radical (unpaired) electrons. The molecule has 0 unspecified atom stereocenters. The van der Waals surface area contributed by atoms with E-state index in [9.17, 15) is 14.4 Å². The van der Waals surface area contributed by atoms with Crippen LogP contribution in [0, 0.1) is 0 Å². The number of carbonyl (C=O) groups is 3. The lowest BCUT2D eigenvalue weighted by Gasteiger charge is -2.16. The van der Waals surface area contributed by atoms with Gasteiger partial charge in [0, 0.05) is 19.4 Å². The van der Waals surface area contributed by atoms with Crippen LogP contribution in [0.3, 0.4) is 0 Å². The van der Waals surface area contributed by atoms with Gasteiger partial charge in [-0.15, -0.1) is 0 Å². The van der Waals surface area contributed by atoms with E-state index in [1.807, 2.05) is 48.5 Å². The van der Waals surface area contributed by atoms with Gasteiger partial charge in [-0.25, -0.2) is 9.78 Å². The third-order valence-corrected chi connectivity index (χ3v) is 5.55. The van der Waals surface area contributed by atoms with Crippen LogP contribution in [0.4, 0.5) is 4.79 Å². The first-order valence-corrected chi connectivity index (χ1v) is 10.7. The fourth-order valence-corrected chi connectivity index (χ4v) is 3.74. The minimum absolute atomic E-state index is 0.00764. The van der Waals surface area contributed by atoms with E-state index in [2.05, 4.69) is 20.6 Å². The summed E-state index contributed by atoms with van der Waals surface area (Å²) in [5.41, 5.74) is 2.89. The summed E-state index contributed by atoms with van der Waals surface area (Å²) in [5, 5.41) is 5.61. The molecule has 8 heteroatoms. The Morgan fingerprint density at radius 1 is 1.06 bits per heavy atom. The molecule has 4 rings (SSSR count). The van der Waals surface area contributed by atoms with Gasteiger partial charge in [0.2, 0.25) is 5.91 Å². The summed E-state index contributed by atoms with van der Waals surface area (Å²) in [4.78, 5) is 45.5.